The molecule has 6 nitrogen and oxygen atoms in total. The lowest BCUT2D eigenvalue weighted by Gasteiger charge is -2.18. The highest BCUT2D eigenvalue weighted by atomic mass is 32.2. The summed E-state index contributed by atoms with van der Waals surface area (Å²) >= 11 is 1.25. The smallest absolute Gasteiger partial charge is 0.262 e. The van der Waals surface area contributed by atoms with Gasteiger partial charge < -0.3 is 5.32 Å². The van der Waals surface area contributed by atoms with Gasteiger partial charge in [0.15, 0.2) is 10.9 Å². The van der Waals surface area contributed by atoms with E-state index in [0.29, 0.717) is 33.7 Å². The first kappa shape index (κ1) is 28.2. The fourth-order valence-corrected chi connectivity index (χ4v) is 5.18. The molecule has 4 aromatic rings. The summed E-state index contributed by atoms with van der Waals surface area (Å²) in [5, 5.41) is 3.19. The normalized spacial score (nSPS) is 12.1. The molecule has 1 amide bonds. The van der Waals surface area contributed by atoms with E-state index in [0.717, 1.165) is 16.7 Å². The number of rotatable bonds is 9. The number of hydrogen-bond donors (Lipinski definition) is 1. The number of carbonyl (C=O) groups is 2. The lowest BCUT2D eigenvalue weighted by molar-refractivity contribution is 0.0949. The van der Waals surface area contributed by atoms with Crippen molar-refractivity contribution in [3.8, 4) is 0 Å². The number of nitrogens with zero attached hydrogens (tertiary/aromatic N) is 2. The molecule has 0 aliphatic carbocycles. The molecule has 1 heterocycles. The number of fused-ring (bicyclic) bond motifs is 1. The monoisotopic (exact) mass is 545 g/mol. The topological polar surface area (TPSA) is 81.1 Å². The molecule has 0 fully saturated rings. The molecular weight excluding hydrogens is 513 g/mol. The third-order valence-corrected chi connectivity index (χ3v) is 7.63. The highest BCUT2D eigenvalue weighted by molar-refractivity contribution is 8.00. The Hall–Kier alpha value is -3.78. The van der Waals surface area contributed by atoms with Crippen LogP contribution in [0.4, 0.5) is 4.39 Å². The summed E-state index contributed by atoms with van der Waals surface area (Å²) < 4.78 is 14.8. The Morgan fingerprint density at radius 1 is 0.949 bits per heavy atom. The van der Waals surface area contributed by atoms with Crippen molar-refractivity contribution < 1.29 is 14.0 Å². The van der Waals surface area contributed by atoms with E-state index in [1.54, 1.807) is 34.9 Å². The Bertz CT molecular complexity index is 1600. The highest BCUT2D eigenvalue weighted by Crippen LogP contribution is 2.26. The molecule has 0 aliphatic heterocycles. The van der Waals surface area contributed by atoms with Crippen LogP contribution in [0.25, 0.3) is 10.9 Å². The zero-order chi connectivity index (χ0) is 28.3. The third-order valence-electron chi connectivity index (χ3n) is 6.54. The molecule has 0 radical (unpaired) electrons. The van der Waals surface area contributed by atoms with Crippen molar-refractivity contribution in [2.45, 2.75) is 58.1 Å². The molecule has 0 unspecified atom stereocenters. The van der Waals surface area contributed by atoms with E-state index in [1.165, 1.54) is 23.9 Å². The second kappa shape index (κ2) is 11.9. The van der Waals surface area contributed by atoms with Crippen molar-refractivity contribution >= 4 is 34.4 Å². The van der Waals surface area contributed by atoms with Crippen molar-refractivity contribution in [1.82, 2.24) is 14.9 Å². The van der Waals surface area contributed by atoms with Crippen LogP contribution in [0, 0.1) is 25.6 Å². The maximum absolute atomic E-state index is 13.5. The molecule has 0 saturated carbocycles. The second-order valence-corrected chi connectivity index (χ2v) is 11.5. The number of amides is 1. The van der Waals surface area contributed by atoms with Crippen molar-refractivity contribution in [3.05, 3.63) is 105 Å². The van der Waals surface area contributed by atoms with Gasteiger partial charge in [-0.25, -0.2) is 9.37 Å². The fraction of sp³-hybridized carbons (Fsp3) is 0.290. The number of hydrogen-bond acceptors (Lipinski definition) is 5. The van der Waals surface area contributed by atoms with Gasteiger partial charge in [-0.15, -0.1) is 0 Å². The van der Waals surface area contributed by atoms with Crippen molar-refractivity contribution in [2.75, 3.05) is 0 Å². The van der Waals surface area contributed by atoms with Gasteiger partial charge in [0.25, 0.3) is 11.5 Å². The molecule has 1 atom stereocenters. The van der Waals surface area contributed by atoms with Gasteiger partial charge in [0.1, 0.15) is 5.82 Å². The average Bonchev–Trinajstić information content (AvgIpc) is 2.91. The molecule has 0 aliphatic rings. The average molecular weight is 546 g/mol. The Labute approximate surface area is 231 Å². The van der Waals surface area contributed by atoms with E-state index in [1.807, 2.05) is 52.8 Å². The van der Waals surface area contributed by atoms with E-state index in [-0.39, 0.29) is 35.5 Å². The Morgan fingerprint density at radius 3 is 2.31 bits per heavy atom. The van der Waals surface area contributed by atoms with Crippen LogP contribution in [0.3, 0.4) is 0 Å². The number of Topliss-reactive ketones (excluding diaryl/α,β-unsaturated/α-hetero) is 1. The molecule has 202 valence electrons. The van der Waals surface area contributed by atoms with Gasteiger partial charge in [-0.1, -0.05) is 49.9 Å². The summed E-state index contributed by atoms with van der Waals surface area (Å²) in [7, 11) is 0. The van der Waals surface area contributed by atoms with Crippen LogP contribution in [-0.4, -0.2) is 26.5 Å². The summed E-state index contributed by atoms with van der Waals surface area (Å²) in [5.41, 5.74) is 4.09. The number of benzene rings is 3. The third kappa shape index (κ3) is 6.63. The van der Waals surface area contributed by atoms with Crippen LogP contribution in [-0.2, 0) is 13.1 Å². The Balaban J connectivity index is 1.64. The number of thioether (sulfide) groups is 1. The minimum absolute atomic E-state index is 0.0394. The Morgan fingerprint density at radius 2 is 1.64 bits per heavy atom. The zero-order valence-corrected chi connectivity index (χ0v) is 23.6. The summed E-state index contributed by atoms with van der Waals surface area (Å²) in [4.78, 5) is 44.3. The van der Waals surface area contributed by atoms with Gasteiger partial charge in [-0.3, -0.25) is 19.0 Å². The first-order valence-electron chi connectivity index (χ1n) is 12.9. The van der Waals surface area contributed by atoms with E-state index >= 15 is 0 Å². The van der Waals surface area contributed by atoms with Gasteiger partial charge in [-0.05, 0) is 79.8 Å². The summed E-state index contributed by atoms with van der Waals surface area (Å²) in [6.45, 7) is 10.5. The van der Waals surface area contributed by atoms with Crippen LogP contribution in [0.2, 0.25) is 0 Å². The molecule has 0 bridgehead atoms. The van der Waals surface area contributed by atoms with E-state index in [2.05, 4.69) is 5.32 Å². The second-order valence-electron chi connectivity index (χ2n) is 10.2. The van der Waals surface area contributed by atoms with Gasteiger partial charge in [0, 0.05) is 24.2 Å². The minimum atomic E-state index is -0.475. The number of nitrogens with one attached hydrogen (secondary N) is 1. The lowest BCUT2D eigenvalue weighted by atomic mass is 10.0. The number of aryl methyl sites for hydroxylation is 2. The van der Waals surface area contributed by atoms with E-state index < -0.39 is 5.25 Å². The van der Waals surface area contributed by atoms with Gasteiger partial charge in [0.05, 0.1) is 16.2 Å². The van der Waals surface area contributed by atoms with Gasteiger partial charge in [0.2, 0.25) is 0 Å². The van der Waals surface area contributed by atoms with Crippen LogP contribution >= 0.6 is 11.8 Å². The standard InChI is InChI=1S/C31H32FN3O3S/c1-18(2)17-35-30(38)26-13-10-24(29(37)33-16-22-7-11-25(32)12-8-22)15-27(26)34-31(35)39-21(5)28(36)23-9-6-19(3)20(4)14-23/h6-15,18,21H,16-17H2,1-5H3,(H,33,37)/t21-/m0/s1. The largest absolute Gasteiger partial charge is 0.348 e. The number of carbonyl (C=O) groups excluding carboxylic acids is 2. The predicted molar refractivity (Wildman–Crippen MR) is 154 cm³/mol. The molecule has 39 heavy (non-hydrogen) atoms. The fourth-order valence-electron chi connectivity index (χ4n) is 4.19. The quantitative estimate of drug-likeness (QED) is 0.156. The predicted octanol–water partition coefficient (Wildman–Crippen LogP) is 6.10. The number of halogens is 1. The summed E-state index contributed by atoms with van der Waals surface area (Å²) in [6.07, 6.45) is 0. The zero-order valence-electron chi connectivity index (χ0n) is 22.7. The SMILES string of the molecule is Cc1ccc(C(=O)[C@H](C)Sc2nc3cc(C(=O)NCc4ccc(F)cc4)ccc3c(=O)n2CC(C)C)cc1C. The van der Waals surface area contributed by atoms with Crippen LogP contribution < -0.4 is 10.9 Å². The van der Waals surface area contributed by atoms with Gasteiger partial charge >= 0.3 is 0 Å². The first-order chi connectivity index (χ1) is 18.5. The minimum Gasteiger partial charge on any atom is -0.348 e. The van der Waals surface area contributed by atoms with Crippen molar-refractivity contribution in [1.29, 1.82) is 0 Å². The summed E-state index contributed by atoms with van der Waals surface area (Å²) in [6, 6.07) is 16.4. The molecular formula is C31H32FN3O3S. The molecule has 0 saturated heterocycles. The van der Waals surface area contributed by atoms with E-state index in [9.17, 15) is 18.8 Å². The number of aromatic nitrogens is 2. The summed E-state index contributed by atoms with van der Waals surface area (Å²) in [5.74, 6) is -0.527. The number of ketones is 1. The lowest BCUT2D eigenvalue weighted by Crippen LogP contribution is -2.27. The van der Waals surface area contributed by atoms with Crippen LogP contribution in [0.15, 0.2) is 70.6 Å². The van der Waals surface area contributed by atoms with Crippen molar-refractivity contribution in [2.24, 2.45) is 5.92 Å². The highest BCUT2D eigenvalue weighted by Gasteiger charge is 2.22. The van der Waals surface area contributed by atoms with Crippen LogP contribution in [0.5, 0.6) is 0 Å². The molecule has 0 spiro atoms. The molecule has 1 N–H and O–H groups in total. The van der Waals surface area contributed by atoms with E-state index in [4.69, 9.17) is 4.98 Å². The van der Waals surface area contributed by atoms with Crippen LogP contribution in [0.1, 0.15) is 58.2 Å². The molecule has 4 rings (SSSR count). The molecule has 3 aromatic carbocycles. The van der Waals surface area contributed by atoms with Crippen molar-refractivity contribution in [3.63, 3.8) is 0 Å². The maximum Gasteiger partial charge on any atom is 0.262 e. The first-order valence-corrected chi connectivity index (χ1v) is 13.8. The molecule has 8 heteroatoms. The maximum atomic E-state index is 13.5. The molecule has 1 aromatic heterocycles. The Kier molecular flexibility index (Phi) is 8.65. The van der Waals surface area contributed by atoms with Gasteiger partial charge in [-0.2, -0.15) is 0 Å².